The number of ether oxygens (including phenoxy) is 2. The number of hydrogen-bond donors (Lipinski definition) is 1. The minimum atomic E-state index is -0.629. The van der Waals surface area contributed by atoms with Crippen molar-refractivity contribution in [1.82, 2.24) is 0 Å². The zero-order valence-electron chi connectivity index (χ0n) is 6.37. The van der Waals surface area contributed by atoms with Crippen LogP contribution in [0.5, 0.6) is 0 Å². The van der Waals surface area contributed by atoms with E-state index in [-0.39, 0.29) is 5.17 Å². The largest absolute Gasteiger partial charge is 0.410 e. The molecule has 1 fully saturated rings. The number of nitrogens with zero attached hydrogens (tertiary/aromatic N) is 1. The first-order valence-corrected chi connectivity index (χ1v) is 3.62. The molecule has 0 aromatic rings. The molecule has 0 radical (unpaired) electrons. The Morgan fingerprint density at radius 2 is 2.36 bits per heavy atom. The maximum atomic E-state index is 8.29. The van der Waals surface area contributed by atoms with Crippen LogP contribution < -0.4 is 0 Å². The highest BCUT2D eigenvalue weighted by atomic mass is 35.5. The summed E-state index contributed by atoms with van der Waals surface area (Å²) in [4.78, 5) is 0. The maximum Gasteiger partial charge on any atom is 0.176 e. The second-order valence-corrected chi connectivity index (χ2v) is 3.13. The van der Waals surface area contributed by atoms with Crippen LogP contribution in [-0.2, 0) is 9.47 Å². The lowest BCUT2D eigenvalue weighted by atomic mass is 10.4. The van der Waals surface area contributed by atoms with Crippen molar-refractivity contribution in [3.63, 3.8) is 0 Å². The number of hydrogen-bond acceptors (Lipinski definition) is 4. The predicted octanol–water partition coefficient (Wildman–Crippen LogP) is 1.16. The van der Waals surface area contributed by atoms with Gasteiger partial charge in [0.05, 0.1) is 6.61 Å². The molecule has 0 bridgehead atoms. The molecular weight excluding hydrogens is 170 g/mol. The van der Waals surface area contributed by atoms with Crippen molar-refractivity contribution in [1.29, 1.82) is 0 Å². The van der Waals surface area contributed by atoms with Gasteiger partial charge in [0.15, 0.2) is 11.0 Å². The summed E-state index contributed by atoms with van der Waals surface area (Å²) in [5.41, 5.74) is 0. The Kier molecular flexibility index (Phi) is 2.37. The van der Waals surface area contributed by atoms with Gasteiger partial charge in [0.25, 0.3) is 0 Å². The molecule has 0 aromatic carbocycles. The van der Waals surface area contributed by atoms with E-state index in [0.717, 1.165) is 0 Å². The van der Waals surface area contributed by atoms with E-state index in [1.807, 2.05) is 0 Å². The Morgan fingerprint density at radius 3 is 2.73 bits per heavy atom. The fourth-order valence-corrected chi connectivity index (χ4v) is 0.976. The normalized spacial score (nSPS) is 30.8. The number of rotatable bonds is 1. The van der Waals surface area contributed by atoms with Crippen molar-refractivity contribution in [2.24, 2.45) is 5.16 Å². The fourth-order valence-electron chi connectivity index (χ4n) is 0.869. The van der Waals surface area contributed by atoms with Crippen molar-refractivity contribution < 1.29 is 14.7 Å². The van der Waals surface area contributed by atoms with Crippen molar-refractivity contribution in [2.45, 2.75) is 25.7 Å². The summed E-state index contributed by atoms with van der Waals surface area (Å²) < 4.78 is 10.4. The Balaban J connectivity index is 2.55. The van der Waals surface area contributed by atoms with E-state index in [9.17, 15) is 0 Å². The summed E-state index contributed by atoms with van der Waals surface area (Å²) in [5, 5.41) is 11.1. The topological polar surface area (TPSA) is 51.0 Å². The molecule has 1 N–H and O–H groups in total. The van der Waals surface area contributed by atoms with Gasteiger partial charge < -0.3 is 14.7 Å². The van der Waals surface area contributed by atoms with Gasteiger partial charge in [0.2, 0.25) is 0 Å². The molecule has 1 aliphatic rings. The van der Waals surface area contributed by atoms with Crippen LogP contribution >= 0.6 is 11.6 Å². The van der Waals surface area contributed by atoms with Crippen molar-refractivity contribution in [2.75, 3.05) is 6.61 Å². The molecule has 0 unspecified atom stereocenters. The molecule has 1 saturated heterocycles. The van der Waals surface area contributed by atoms with E-state index >= 15 is 0 Å². The molecule has 11 heavy (non-hydrogen) atoms. The van der Waals surface area contributed by atoms with Crippen molar-refractivity contribution in [3.8, 4) is 0 Å². The van der Waals surface area contributed by atoms with Gasteiger partial charge in [-0.25, -0.2) is 0 Å². The number of halogens is 1. The average molecular weight is 180 g/mol. The molecule has 0 aliphatic carbocycles. The molecule has 4 nitrogen and oxygen atoms in total. The van der Waals surface area contributed by atoms with Gasteiger partial charge in [0.1, 0.15) is 6.10 Å². The third kappa shape index (κ3) is 2.05. The summed E-state index contributed by atoms with van der Waals surface area (Å²) in [5.74, 6) is -0.629. The highest BCUT2D eigenvalue weighted by molar-refractivity contribution is 6.66. The summed E-state index contributed by atoms with van der Waals surface area (Å²) in [6.45, 7) is 3.87. The van der Waals surface area contributed by atoms with Gasteiger partial charge in [0, 0.05) is 0 Å². The molecule has 0 spiro atoms. The summed E-state index contributed by atoms with van der Waals surface area (Å²) in [6.07, 6.45) is -0.434. The molecule has 0 saturated carbocycles. The molecule has 1 atom stereocenters. The first-order valence-electron chi connectivity index (χ1n) is 3.24. The first-order chi connectivity index (χ1) is 5.05. The molecule has 5 heteroatoms. The second kappa shape index (κ2) is 2.97. The van der Waals surface area contributed by atoms with Crippen LogP contribution in [0.25, 0.3) is 0 Å². The van der Waals surface area contributed by atoms with Gasteiger partial charge in [-0.1, -0.05) is 16.8 Å². The second-order valence-electron chi connectivity index (χ2n) is 2.74. The zero-order valence-corrected chi connectivity index (χ0v) is 7.13. The van der Waals surface area contributed by atoms with E-state index in [2.05, 4.69) is 5.16 Å². The van der Waals surface area contributed by atoms with Crippen LogP contribution in [0.4, 0.5) is 0 Å². The van der Waals surface area contributed by atoms with E-state index in [1.54, 1.807) is 13.8 Å². The minimum absolute atomic E-state index is 0.0237. The lowest BCUT2D eigenvalue weighted by Gasteiger charge is -2.15. The lowest BCUT2D eigenvalue weighted by molar-refractivity contribution is -0.131. The van der Waals surface area contributed by atoms with Gasteiger partial charge >= 0.3 is 0 Å². The van der Waals surface area contributed by atoms with Crippen LogP contribution in [0.2, 0.25) is 0 Å². The Hall–Kier alpha value is -0.320. The zero-order chi connectivity index (χ0) is 8.48. The quantitative estimate of drug-likeness (QED) is 0.374. The van der Waals surface area contributed by atoms with Crippen LogP contribution in [0, 0.1) is 0 Å². The summed E-state index contributed by atoms with van der Waals surface area (Å²) in [7, 11) is 0. The van der Waals surface area contributed by atoms with Gasteiger partial charge in [-0.05, 0) is 13.8 Å². The smallest absolute Gasteiger partial charge is 0.176 e. The SMILES string of the molecule is CC1(C)OC[C@@H](/C(Cl)=N\O)O1. The molecular formula is C6H10ClNO3. The maximum absolute atomic E-state index is 8.29. The van der Waals surface area contributed by atoms with Crippen LogP contribution in [0.1, 0.15) is 13.8 Å². The summed E-state index contributed by atoms with van der Waals surface area (Å²) in [6, 6.07) is 0. The highest BCUT2D eigenvalue weighted by Gasteiger charge is 2.35. The van der Waals surface area contributed by atoms with E-state index < -0.39 is 11.9 Å². The minimum Gasteiger partial charge on any atom is -0.410 e. The molecule has 64 valence electrons. The number of oxime groups is 1. The molecule has 1 rings (SSSR count). The van der Waals surface area contributed by atoms with Crippen molar-refractivity contribution >= 4 is 16.8 Å². The van der Waals surface area contributed by atoms with Gasteiger partial charge in [-0.15, -0.1) is 0 Å². The first kappa shape index (κ1) is 8.77. The van der Waals surface area contributed by atoms with Crippen LogP contribution in [-0.4, -0.2) is 28.9 Å². The fraction of sp³-hybridized carbons (Fsp3) is 0.833. The van der Waals surface area contributed by atoms with E-state index in [0.29, 0.717) is 6.61 Å². The highest BCUT2D eigenvalue weighted by Crippen LogP contribution is 2.23. The monoisotopic (exact) mass is 179 g/mol. The van der Waals surface area contributed by atoms with Crippen molar-refractivity contribution in [3.05, 3.63) is 0 Å². The average Bonchev–Trinajstić information content (AvgIpc) is 2.29. The third-order valence-electron chi connectivity index (χ3n) is 1.37. The summed E-state index contributed by atoms with van der Waals surface area (Å²) >= 11 is 5.49. The molecule has 0 aromatic heterocycles. The molecule has 1 heterocycles. The standard InChI is InChI=1S/C6H10ClNO3/c1-6(2)10-3-4(11-6)5(7)8-9/h4,9H,3H2,1-2H3/b8-5+/t4-/m0/s1. The Labute approximate surface area is 69.7 Å². The Morgan fingerprint density at radius 1 is 1.73 bits per heavy atom. The Bertz CT molecular complexity index is 181. The third-order valence-corrected chi connectivity index (χ3v) is 1.69. The van der Waals surface area contributed by atoms with E-state index in [1.165, 1.54) is 0 Å². The van der Waals surface area contributed by atoms with E-state index in [4.69, 9.17) is 26.3 Å². The van der Waals surface area contributed by atoms with Gasteiger partial charge in [-0.3, -0.25) is 0 Å². The predicted molar refractivity (Wildman–Crippen MR) is 40.0 cm³/mol. The van der Waals surface area contributed by atoms with Gasteiger partial charge in [-0.2, -0.15) is 0 Å². The van der Waals surface area contributed by atoms with Crippen LogP contribution in [0.3, 0.4) is 0 Å². The molecule has 1 aliphatic heterocycles. The lowest BCUT2D eigenvalue weighted by Crippen LogP contribution is -2.24. The van der Waals surface area contributed by atoms with Crippen LogP contribution in [0.15, 0.2) is 5.16 Å². The molecule has 0 amide bonds.